The number of carbonyl (C=O) groups excluding carboxylic acids is 3. The summed E-state index contributed by atoms with van der Waals surface area (Å²) >= 11 is 0. The minimum absolute atomic E-state index is 0.195. The summed E-state index contributed by atoms with van der Waals surface area (Å²) in [4.78, 5) is 40.5. The lowest BCUT2D eigenvalue weighted by Crippen LogP contribution is -2.52. The largest absolute Gasteiger partial charge is 0.496 e. The van der Waals surface area contributed by atoms with Crippen LogP contribution in [0.3, 0.4) is 0 Å². The number of hydrogen-bond donors (Lipinski definition) is 2. The molecule has 8 nitrogen and oxygen atoms in total. The summed E-state index contributed by atoms with van der Waals surface area (Å²) in [6.45, 7) is 1.96. The number of ether oxygens (including phenoxy) is 2. The van der Waals surface area contributed by atoms with Crippen molar-refractivity contribution in [3.8, 4) is 5.75 Å². The first-order chi connectivity index (χ1) is 17.4. The molecule has 2 unspecified atom stereocenters. The first kappa shape index (κ1) is 25.2. The van der Waals surface area contributed by atoms with Crippen LogP contribution in [0.25, 0.3) is 10.8 Å². The Kier molecular flexibility index (Phi) is 7.55. The van der Waals surface area contributed by atoms with Gasteiger partial charge in [-0.1, -0.05) is 30.3 Å². The molecule has 188 valence electrons. The van der Waals surface area contributed by atoms with Gasteiger partial charge in [0, 0.05) is 11.3 Å². The fourth-order valence-corrected chi connectivity index (χ4v) is 4.56. The molecule has 2 atom stereocenters. The van der Waals surface area contributed by atoms with Gasteiger partial charge in [-0.15, -0.1) is 0 Å². The maximum absolute atomic E-state index is 13.9. The van der Waals surface area contributed by atoms with E-state index in [1.165, 1.54) is 7.11 Å². The van der Waals surface area contributed by atoms with Crippen LogP contribution in [0.15, 0.2) is 54.6 Å². The number of aryl methyl sites for hydroxylation is 1. The molecule has 0 spiro atoms. The first-order valence-electron chi connectivity index (χ1n) is 11.9. The highest BCUT2D eigenvalue weighted by atomic mass is 16.5. The number of likely N-dealkylation sites (N-methyl/N-ethyl adjacent to an activating group) is 1. The molecule has 2 amide bonds. The highest BCUT2D eigenvalue weighted by Crippen LogP contribution is 2.34. The minimum atomic E-state index is -0.674. The Labute approximate surface area is 210 Å². The Hall–Kier alpha value is -3.91. The molecule has 1 heterocycles. The van der Waals surface area contributed by atoms with E-state index in [0.717, 1.165) is 27.6 Å². The highest BCUT2D eigenvalue weighted by Gasteiger charge is 2.33. The quantitative estimate of drug-likeness (QED) is 0.495. The zero-order valence-electron chi connectivity index (χ0n) is 21.0. The van der Waals surface area contributed by atoms with Crippen LogP contribution in [-0.2, 0) is 27.3 Å². The summed E-state index contributed by atoms with van der Waals surface area (Å²) in [6, 6.07) is 15.8. The van der Waals surface area contributed by atoms with Crippen LogP contribution in [0.2, 0.25) is 0 Å². The minimum Gasteiger partial charge on any atom is -0.496 e. The molecule has 0 bridgehead atoms. The molecule has 36 heavy (non-hydrogen) atoms. The number of rotatable bonds is 7. The predicted octanol–water partition coefficient (Wildman–Crippen LogP) is 3.21. The van der Waals surface area contributed by atoms with Crippen molar-refractivity contribution in [2.75, 3.05) is 26.2 Å². The van der Waals surface area contributed by atoms with Gasteiger partial charge >= 0.3 is 5.97 Å². The van der Waals surface area contributed by atoms with E-state index in [1.807, 2.05) is 42.5 Å². The van der Waals surface area contributed by atoms with E-state index < -0.39 is 18.1 Å². The number of carbonyl (C=O) groups is 3. The zero-order chi connectivity index (χ0) is 25.8. The van der Waals surface area contributed by atoms with E-state index >= 15 is 0 Å². The van der Waals surface area contributed by atoms with Gasteiger partial charge in [-0.25, -0.2) is 4.79 Å². The number of fused-ring (bicyclic) bond motifs is 2. The summed E-state index contributed by atoms with van der Waals surface area (Å²) in [6.07, 6.45) is 1.14. The number of benzene rings is 3. The van der Waals surface area contributed by atoms with Crippen LogP contribution in [0.5, 0.6) is 5.75 Å². The fourth-order valence-electron chi connectivity index (χ4n) is 4.56. The number of para-hydroxylation sites is 1. The summed E-state index contributed by atoms with van der Waals surface area (Å²) in [5.41, 5.74) is 3.00. The maximum Gasteiger partial charge on any atom is 0.337 e. The van der Waals surface area contributed by atoms with Crippen LogP contribution in [-0.4, -0.2) is 51.1 Å². The number of esters is 1. The molecule has 0 aromatic heterocycles. The number of methoxy groups -OCH3 is 2. The molecular weight excluding hydrogens is 458 g/mol. The van der Waals surface area contributed by atoms with Gasteiger partial charge < -0.3 is 25.0 Å². The van der Waals surface area contributed by atoms with Gasteiger partial charge in [-0.2, -0.15) is 0 Å². The van der Waals surface area contributed by atoms with E-state index in [0.29, 0.717) is 24.2 Å². The number of nitrogens with one attached hydrogen (secondary N) is 2. The standard InChI is InChI=1S/C28H31N3O5/c1-17(29-2)26(32)30-23-13-11-19-7-5-6-8-24(19)31(27(23)33)16-22-21-15-20(28(34)36-4)10-9-18(21)12-14-25(22)35-3/h5-10,12,14-15,17,23,29H,11,13,16H2,1-4H3,(H,30,32). The van der Waals surface area contributed by atoms with Crippen LogP contribution < -0.4 is 20.3 Å². The van der Waals surface area contributed by atoms with Crippen molar-refractivity contribution in [3.63, 3.8) is 0 Å². The Morgan fingerprint density at radius 3 is 2.58 bits per heavy atom. The Bertz CT molecular complexity index is 1310. The second-order valence-corrected chi connectivity index (χ2v) is 8.84. The van der Waals surface area contributed by atoms with Crippen molar-refractivity contribution < 1.29 is 23.9 Å². The van der Waals surface area contributed by atoms with Gasteiger partial charge in [-0.3, -0.25) is 9.59 Å². The third kappa shape index (κ3) is 4.90. The molecule has 2 N–H and O–H groups in total. The summed E-state index contributed by atoms with van der Waals surface area (Å²) < 4.78 is 10.6. The average Bonchev–Trinajstić information content (AvgIpc) is 3.04. The van der Waals surface area contributed by atoms with Crippen LogP contribution >= 0.6 is 0 Å². The number of nitrogens with zero attached hydrogens (tertiary/aromatic N) is 1. The van der Waals surface area contributed by atoms with E-state index in [2.05, 4.69) is 10.6 Å². The molecule has 0 fully saturated rings. The average molecular weight is 490 g/mol. The summed E-state index contributed by atoms with van der Waals surface area (Å²) in [5, 5.41) is 7.53. The third-order valence-electron chi connectivity index (χ3n) is 6.74. The summed E-state index contributed by atoms with van der Waals surface area (Å²) in [5.74, 6) is -0.265. The lowest BCUT2D eigenvalue weighted by Gasteiger charge is -2.28. The van der Waals surface area contributed by atoms with E-state index in [4.69, 9.17) is 9.47 Å². The van der Waals surface area contributed by atoms with Gasteiger partial charge in [0.15, 0.2) is 0 Å². The van der Waals surface area contributed by atoms with Gasteiger partial charge in [0.25, 0.3) is 0 Å². The first-order valence-corrected chi connectivity index (χ1v) is 11.9. The monoisotopic (exact) mass is 489 g/mol. The van der Waals surface area contributed by atoms with Crippen molar-refractivity contribution in [1.82, 2.24) is 10.6 Å². The molecule has 3 aromatic carbocycles. The molecule has 3 aromatic rings. The van der Waals surface area contributed by atoms with Crippen LogP contribution in [0.4, 0.5) is 5.69 Å². The van der Waals surface area contributed by atoms with Gasteiger partial charge in [-0.05, 0) is 67.4 Å². The topological polar surface area (TPSA) is 97.0 Å². The van der Waals surface area contributed by atoms with Crippen LogP contribution in [0, 0.1) is 0 Å². The number of hydrogen-bond acceptors (Lipinski definition) is 6. The molecule has 0 saturated heterocycles. The molecule has 0 saturated carbocycles. The Morgan fingerprint density at radius 2 is 1.86 bits per heavy atom. The number of amides is 2. The smallest absolute Gasteiger partial charge is 0.337 e. The lowest BCUT2D eigenvalue weighted by atomic mass is 9.99. The predicted molar refractivity (Wildman–Crippen MR) is 138 cm³/mol. The SMILES string of the molecule is CNC(C)C(=O)NC1CCc2ccccc2N(Cc2c(OC)ccc3ccc(C(=O)OC)cc23)C1=O. The molecule has 1 aliphatic heterocycles. The Morgan fingerprint density at radius 1 is 1.11 bits per heavy atom. The van der Waals surface area contributed by atoms with E-state index in [9.17, 15) is 14.4 Å². The van der Waals surface area contributed by atoms with Gasteiger partial charge in [0.2, 0.25) is 11.8 Å². The van der Waals surface area contributed by atoms with Crippen molar-refractivity contribution in [3.05, 3.63) is 71.3 Å². The second-order valence-electron chi connectivity index (χ2n) is 8.84. The zero-order valence-corrected chi connectivity index (χ0v) is 21.0. The van der Waals surface area contributed by atoms with Crippen molar-refractivity contribution in [2.45, 2.75) is 38.4 Å². The van der Waals surface area contributed by atoms with E-state index in [1.54, 1.807) is 38.1 Å². The summed E-state index contributed by atoms with van der Waals surface area (Å²) in [7, 11) is 4.63. The maximum atomic E-state index is 13.9. The molecule has 0 radical (unpaired) electrons. The third-order valence-corrected chi connectivity index (χ3v) is 6.74. The molecule has 0 aliphatic carbocycles. The van der Waals surface area contributed by atoms with Gasteiger partial charge in [0.1, 0.15) is 11.8 Å². The van der Waals surface area contributed by atoms with Crippen molar-refractivity contribution >= 4 is 34.2 Å². The second kappa shape index (κ2) is 10.8. The highest BCUT2D eigenvalue weighted by molar-refractivity contribution is 6.02. The fraction of sp³-hybridized carbons (Fsp3) is 0.321. The molecular formula is C28H31N3O5. The van der Waals surface area contributed by atoms with Crippen LogP contribution in [0.1, 0.15) is 34.8 Å². The van der Waals surface area contributed by atoms with Crippen molar-refractivity contribution in [1.29, 1.82) is 0 Å². The molecule has 8 heteroatoms. The number of anilines is 1. The van der Waals surface area contributed by atoms with E-state index in [-0.39, 0.29) is 18.4 Å². The molecule has 1 aliphatic rings. The van der Waals surface area contributed by atoms with Crippen molar-refractivity contribution in [2.24, 2.45) is 0 Å². The molecule has 4 rings (SSSR count). The Balaban J connectivity index is 1.80. The van der Waals surface area contributed by atoms with Gasteiger partial charge in [0.05, 0.1) is 32.4 Å². The normalized spacial score (nSPS) is 16.2. The lowest BCUT2D eigenvalue weighted by molar-refractivity contribution is -0.128.